The fourth-order valence-corrected chi connectivity index (χ4v) is 6.36. The second-order valence-corrected chi connectivity index (χ2v) is 13.8. The van der Waals surface area contributed by atoms with Gasteiger partial charge in [-0.2, -0.15) is 0 Å². The Morgan fingerprint density at radius 1 is 0.409 bits per heavy atom. The quantitative estimate of drug-likeness (QED) is 0.0553. The van der Waals surface area contributed by atoms with Gasteiger partial charge in [-0.25, -0.2) is 0 Å². The minimum absolute atomic E-state index is 0.00563. The molecule has 0 radical (unpaired) electrons. The smallest absolute Gasteiger partial charge is 0.306 e. The Bertz CT molecular complexity index is 590. The predicted octanol–water partition coefficient (Wildman–Crippen LogP) is 13.7. The lowest BCUT2D eigenvalue weighted by molar-refractivity contribution is -0.150. The Hall–Kier alpha value is -1.06. The summed E-state index contributed by atoms with van der Waals surface area (Å²) >= 11 is 0. The standard InChI is InChI=1S/C40H78O4/c1-3-5-7-9-11-13-15-16-17-18-19-20-21-23-25-27-33-37-40(43)44-38(35-31-28-29-32-36-39(41)42)34-30-26-24-22-14-12-10-8-6-4-2/h38H,3-37H2,1-2H3,(H,41,42). The first-order valence-corrected chi connectivity index (χ1v) is 20.0. The molecule has 0 aromatic carbocycles. The third kappa shape index (κ3) is 35.4. The first-order valence-electron chi connectivity index (χ1n) is 20.0. The van der Waals surface area contributed by atoms with Gasteiger partial charge in [0.2, 0.25) is 0 Å². The molecule has 1 N–H and O–H groups in total. The summed E-state index contributed by atoms with van der Waals surface area (Å²) in [6.45, 7) is 4.56. The number of rotatable bonds is 37. The van der Waals surface area contributed by atoms with Crippen molar-refractivity contribution in [3.8, 4) is 0 Å². The normalized spacial score (nSPS) is 12.0. The Balaban J connectivity index is 3.87. The van der Waals surface area contributed by atoms with E-state index < -0.39 is 5.97 Å². The molecule has 0 aromatic heterocycles. The predicted molar refractivity (Wildman–Crippen MR) is 190 cm³/mol. The van der Waals surface area contributed by atoms with E-state index in [0.29, 0.717) is 6.42 Å². The van der Waals surface area contributed by atoms with Crippen LogP contribution in [0.1, 0.15) is 239 Å². The molecule has 0 aliphatic rings. The second-order valence-electron chi connectivity index (χ2n) is 13.8. The summed E-state index contributed by atoms with van der Waals surface area (Å²) in [4.78, 5) is 23.4. The van der Waals surface area contributed by atoms with Gasteiger partial charge in [0.1, 0.15) is 6.10 Å². The van der Waals surface area contributed by atoms with Crippen LogP contribution in [0.25, 0.3) is 0 Å². The number of esters is 1. The highest BCUT2D eigenvalue weighted by Crippen LogP contribution is 2.19. The molecule has 0 bridgehead atoms. The Morgan fingerprint density at radius 2 is 0.682 bits per heavy atom. The van der Waals surface area contributed by atoms with E-state index in [4.69, 9.17) is 9.84 Å². The van der Waals surface area contributed by atoms with Crippen molar-refractivity contribution < 1.29 is 19.4 Å². The minimum atomic E-state index is -0.706. The van der Waals surface area contributed by atoms with Crippen molar-refractivity contribution in [2.45, 2.75) is 245 Å². The van der Waals surface area contributed by atoms with Crippen molar-refractivity contribution in [3.63, 3.8) is 0 Å². The number of ether oxygens (including phenoxy) is 1. The van der Waals surface area contributed by atoms with Gasteiger partial charge < -0.3 is 9.84 Å². The molecule has 0 spiro atoms. The van der Waals surface area contributed by atoms with Crippen LogP contribution in [0.2, 0.25) is 0 Å². The van der Waals surface area contributed by atoms with Crippen LogP contribution in [-0.4, -0.2) is 23.1 Å². The summed E-state index contributed by atoms with van der Waals surface area (Å²) < 4.78 is 5.97. The summed E-state index contributed by atoms with van der Waals surface area (Å²) in [5.41, 5.74) is 0. The second kappa shape index (κ2) is 36.4. The van der Waals surface area contributed by atoms with Crippen LogP contribution in [0, 0.1) is 0 Å². The molecule has 0 aromatic rings. The third-order valence-corrected chi connectivity index (χ3v) is 9.33. The van der Waals surface area contributed by atoms with Crippen LogP contribution < -0.4 is 0 Å². The van der Waals surface area contributed by atoms with Gasteiger partial charge in [-0.3, -0.25) is 9.59 Å². The molecular weight excluding hydrogens is 544 g/mol. The number of aliphatic carboxylic acids is 1. The van der Waals surface area contributed by atoms with Gasteiger partial charge in [0, 0.05) is 12.8 Å². The molecule has 0 aliphatic heterocycles. The fourth-order valence-electron chi connectivity index (χ4n) is 6.36. The van der Waals surface area contributed by atoms with Crippen LogP contribution in [0.15, 0.2) is 0 Å². The molecule has 0 saturated heterocycles. The molecular formula is C40H78O4. The zero-order valence-electron chi connectivity index (χ0n) is 30.0. The third-order valence-electron chi connectivity index (χ3n) is 9.33. The highest BCUT2D eigenvalue weighted by atomic mass is 16.5. The summed E-state index contributed by atoms with van der Waals surface area (Å²) in [5.74, 6) is -0.712. The number of carboxylic acid groups (broad SMARTS) is 1. The average Bonchev–Trinajstić information content (AvgIpc) is 3.01. The molecule has 4 heteroatoms. The molecule has 0 fully saturated rings. The number of carbonyl (C=O) groups excluding carboxylic acids is 1. The molecule has 0 rings (SSSR count). The van der Waals surface area contributed by atoms with E-state index in [1.807, 2.05) is 0 Å². The van der Waals surface area contributed by atoms with Gasteiger partial charge >= 0.3 is 11.9 Å². The number of hydrogen-bond acceptors (Lipinski definition) is 3. The molecule has 1 atom stereocenters. The molecule has 0 saturated carbocycles. The van der Waals surface area contributed by atoms with Crippen molar-refractivity contribution in [1.29, 1.82) is 0 Å². The van der Waals surface area contributed by atoms with Gasteiger partial charge in [-0.15, -0.1) is 0 Å². The molecule has 44 heavy (non-hydrogen) atoms. The topological polar surface area (TPSA) is 63.6 Å². The molecule has 0 heterocycles. The van der Waals surface area contributed by atoms with Crippen molar-refractivity contribution in [2.75, 3.05) is 0 Å². The molecule has 0 amide bonds. The van der Waals surface area contributed by atoms with Crippen molar-refractivity contribution >= 4 is 11.9 Å². The van der Waals surface area contributed by atoms with Gasteiger partial charge in [-0.05, 0) is 38.5 Å². The lowest BCUT2D eigenvalue weighted by Gasteiger charge is -2.18. The average molecular weight is 623 g/mol. The number of unbranched alkanes of at least 4 members (excludes halogenated alkanes) is 28. The monoisotopic (exact) mass is 623 g/mol. The summed E-state index contributed by atoms with van der Waals surface area (Å²) in [6.07, 6.45) is 42.7. The van der Waals surface area contributed by atoms with Gasteiger partial charge in [-0.1, -0.05) is 187 Å². The summed E-state index contributed by atoms with van der Waals surface area (Å²) in [6, 6.07) is 0. The maximum absolute atomic E-state index is 12.6. The van der Waals surface area contributed by atoms with Gasteiger partial charge in [0.15, 0.2) is 0 Å². The number of carbonyl (C=O) groups is 2. The summed E-state index contributed by atoms with van der Waals surface area (Å²) in [5, 5.41) is 8.84. The SMILES string of the molecule is CCCCCCCCCCCCCCCCCCCC(=O)OC(CCCCCCCCCCCC)CCCCCCC(=O)O. The maximum Gasteiger partial charge on any atom is 0.306 e. The van der Waals surface area contributed by atoms with E-state index in [9.17, 15) is 9.59 Å². The lowest BCUT2D eigenvalue weighted by atomic mass is 10.0. The Labute approximate surface area is 275 Å². The van der Waals surface area contributed by atoms with Crippen LogP contribution in [0.3, 0.4) is 0 Å². The number of hydrogen-bond donors (Lipinski definition) is 1. The van der Waals surface area contributed by atoms with E-state index >= 15 is 0 Å². The Morgan fingerprint density at radius 3 is 1.00 bits per heavy atom. The van der Waals surface area contributed by atoms with Gasteiger partial charge in [0.25, 0.3) is 0 Å². The van der Waals surface area contributed by atoms with Crippen molar-refractivity contribution in [2.24, 2.45) is 0 Å². The van der Waals surface area contributed by atoms with Gasteiger partial charge in [0.05, 0.1) is 0 Å². The highest BCUT2D eigenvalue weighted by molar-refractivity contribution is 5.69. The van der Waals surface area contributed by atoms with E-state index in [-0.39, 0.29) is 18.5 Å². The van der Waals surface area contributed by atoms with E-state index in [2.05, 4.69) is 13.8 Å². The van der Waals surface area contributed by atoms with E-state index in [1.165, 1.54) is 154 Å². The van der Waals surface area contributed by atoms with Crippen molar-refractivity contribution in [1.82, 2.24) is 0 Å². The lowest BCUT2D eigenvalue weighted by Crippen LogP contribution is -2.18. The van der Waals surface area contributed by atoms with Crippen LogP contribution >= 0.6 is 0 Å². The van der Waals surface area contributed by atoms with E-state index in [1.54, 1.807) is 0 Å². The molecule has 0 aliphatic carbocycles. The first-order chi connectivity index (χ1) is 21.6. The first kappa shape index (κ1) is 42.9. The van der Waals surface area contributed by atoms with E-state index in [0.717, 1.165) is 57.8 Å². The fraction of sp³-hybridized carbons (Fsp3) is 0.950. The summed E-state index contributed by atoms with van der Waals surface area (Å²) in [7, 11) is 0. The molecule has 1 unspecified atom stereocenters. The number of carboxylic acids is 1. The zero-order valence-corrected chi connectivity index (χ0v) is 30.0. The molecule has 262 valence electrons. The van der Waals surface area contributed by atoms with Crippen LogP contribution in [-0.2, 0) is 14.3 Å². The Kier molecular flexibility index (Phi) is 35.5. The highest BCUT2D eigenvalue weighted by Gasteiger charge is 2.14. The van der Waals surface area contributed by atoms with Crippen molar-refractivity contribution in [3.05, 3.63) is 0 Å². The zero-order chi connectivity index (χ0) is 32.2. The minimum Gasteiger partial charge on any atom is -0.481 e. The molecule has 4 nitrogen and oxygen atoms in total. The largest absolute Gasteiger partial charge is 0.481 e. The van der Waals surface area contributed by atoms with Crippen LogP contribution in [0.4, 0.5) is 0 Å². The van der Waals surface area contributed by atoms with Crippen LogP contribution in [0.5, 0.6) is 0 Å². The maximum atomic E-state index is 12.6.